The number of hydrogen-bond donors (Lipinski definition) is 0. The molecule has 1 aliphatic rings. The molecule has 0 aliphatic heterocycles. The Morgan fingerprint density at radius 1 is 1.50 bits per heavy atom. The molecule has 0 N–H and O–H groups in total. The fourth-order valence-corrected chi connectivity index (χ4v) is 1.66. The van der Waals surface area contributed by atoms with Crippen LogP contribution in [0.15, 0.2) is 5.16 Å². The Labute approximate surface area is 75.0 Å². The van der Waals surface area contributed by atoms with Crippen molar-refractivity contribution in [3.05, 3.63) is 0 Å². The Hall–Kier alpha value is -0.530. The topological polar surface area (TPSA) is 21.6 Å². The first-order valence-electron chi connectivity index (χ1n) is 4.65. The summed E-state index contributed by atoms with van der Waals surface area (Å²) >= 11 is 0. The van der Waals surface area contributed by atoms with Gasteiger partial charge < -0.3 is 4.84 Å². The average Bonchev–Trinajstić information content (AvgIpc) is 1.98. The van der Waals surface area contributed by atoms with Crippen LogP contribution in [0.5, 0.6) is 0 Å². The third-order valence-corrected chi connectivity index (χ3v) is 3.15. The largest absolute Gasteiger partial charge is 0.399 e. The van der Waals surface area contributed by atoms with Crippen LogP contribution in [-0.2, 0) is 4.84 Å². The van der Waals surface area contributed by atoms with Gasteiger partial charge in [0.15, 0.2) is 0 Å². The fourth-order valence-electron chi connectivity index (χ4n) is 1.66. The number of nitrogens with zero attached hydrogens (tertiary/aromatic N) is 1. The van der Waals surface area contributed by atoms with Gasteiger partial charge in [-0.25, -0.2) is 0 Å². The van der Waals surface area contributed by atoms with Crippen LogP contribution in [0.2, 0.25) is 0 Å². The van der Waals surface area contributed by atoms with E-state index in [-0.39, 0.29) is 0 Å². The Morgan fingerprint density at radius 2 is 2.17 bits per heavy atom. The third kappa shape index (κ3) is 1.99. The van der Waals surface area contributed by atoms with Crippen molar-refractivity contribution in [2.45, 2.75) is 40.0 Å². The van der Waals surface area contributed by atoms with Crippen molar-refractivity contribution in [1.29, 1.82) is 0 Å². The van der Waals surface area contributed by atoms with Gasteiger partial charge in [-0.2, -0.15) is 0 Å². The molecule has 12 heavy (non-hydrogen) atoms. The highest BCUT2D eigenvalue weighted by Crippen LogP contribution is 2.38. The van der Waals surface area contributed by atoms with E-state index in [1.807, 2.05) is 0 Å². The molecule has 0 radical (unpaired) electrons. The number of rotatable bonds is 1. The third-order valence-electron chi connectivity index (χ3n) is 3.15. The highest BCUT2D eigenvalue weighted by atomic mass is 16.6. The molecule has 1 rings (SSSR count). The van der Waals surface area contributed by atoms with E-state index in [9.17, 15) is 0 Å². The molecule has 0 amide bonds. The van der Waals surface area contributed by atoms with Crippen LogP contribution in [0.4, 0.5) is 0 Å². The van der Waals surface area contributed by atoms with E-state index in [0.717, 1.165) is 18.8 Å². The molecule has 0 saturated heterocycles. The summed E-state index contributed by atoms with van der Waals surface area (Å²) in [4.78, 5) is 4.79. The molecular formula is C10H19NO. The minimum Gasteiger partial charge on any atom is -0.399 e. The van der Waals surface area contributed by atoms with Gasteiger partial charge in [-0.05, 0) is 30.6 Å². The predicted octanol–water partition coefficient (Wildman–Crippen LogP) is 2.84. The minimum atomic E-state index is 0.479. The maximum Gasteiger partial charge on any atom is 0.106 e. The Morgan fingerprint density at radius 3 is 2.67 bits per heavy atom. The summed E-state index contributed by atoms with van der Waals surface area (Å²) in [6.07, 6.45) is 3.43. The number of hydrogen-bond acceptors (Lipinski definition) is 2. The van der Waals surface area contributed by atoms with Gasteiger partial charge in [-0.3, -0.25) is 0 Å². The zero-order chi connectivity index (χ0) is 9.19. The van der Waals surface area contributed by atoms with Crippen LogP contribution in [0.25, 0.3) is 0 Å². The van der Waals surface area contributed by atoms with Gasteiger partial charge in [-0.15, -0.1) is 0 Å². The SMILES string of the molecule is CO/N=C1\CCC(C)(C)[C@@H](C)C1. The van der Waals surface area contributed by atoms with Crippen LogP contribution < -0.4 is 0 Å². The number of oxime groups is 1. The first kappa shape index (κ1) is 9.56. The lowest BCUT2D eigenvalue weighted by molar-refractivity contribution is 0.183. The van der Waals surface area contributed by atoms with Gasteiger partial charge in [-0.1, -0.05) is 25.9 Å². The van der Waals surface area contributed by atoms with E-state index in [2.05, 4.69) is 25.9 Å². The van der Waals surface area contributed by atoms with E-state index in [0.29, 0.717) is 5.41 Å². The summed E-state index contributed by atoms with van der Waals surface area (Å²) in [5, 5.41) is 4.02. The second kappa shape index (κ2) is 3.46. The summed E-state index contributed by atoms with van der Waals surface area (Å²) in [7, 11) is 1.62. The van der Waals surface area contributed by atoms with E-state index >= 15 is 0 Å². The van der Waals surface area contributed by atoms with E-state index in [1.165, 1.54) is 12.1 Å². The smallest absolute Gasteiger partial charge is 0.106 e. The van der Waals surface area contributed by atoms with Crippen molar-refractivity contribution in [1.82, 2.24) is 0 Å². The van der Waals surface area contributed by atoms with Gasteiger partial charge in [0.25, 0.3) is 0 Å². The highest BCUT2D eigenvalue weighted by Gasteiger charge is 2.31. The molecule has 1 saturated carbocycles. The van der Waals surface area contributed by atoms with Crippen LogP contribution in [-0.4, -0.2) is 12.8 Å². The monoisotopic (exact) mass is 169 g/mol. The highest BCUT2D eigenvalue weighted by molar-refractivity contribution is 5.85. The van der Waals surface area contributed by atoms with Crippen molar-refractivity contribution >= 4 is 5.71 Å². The zero-order valence-corrected chi connectivity index (χ0v) is 8.55. The van der Waals surface area contributed by atoms with Crippen LogP contribution in [0, 0.1) is 11.3 Å². The molecule has 1 aliphatic carbocycles. The maximum absolute atomic E-state index is 4.79. The molecule has 0 aromatic carbocycles. The van der Waals surface area contributed by atoms with Gasteiger partial charge in [0.1, 0.15) is 7.11 Å². The summed E-state index contributed by atoms with van der Waals surface area (Å²) in [6, 6.07) is 0. The molecule has 1 fully saturated rings. The summed E-state index contributed by atoms with van der Waals surface area (Å²) in [5.74, 6) is 0.722. The second-order valence-electron chi connectivity index (χ2n) is 4.43. The Balaban J connectivity index is 2.58. The molecule has 2 heteroatoms. The summed E-state index contributed by atoms with van der Waals surface area (Å²) in [5.41, 5.74) is 1.71. The minimum absolute atomic E-state index is 0.479. The first-order valence-corrected chi connectivity index (χ1v) is 4.65. The molecule has 0 aromatic heterocycles. The molecular weight excluding hydrogens is 150 g/mol. The average molecular weight is 169 g/mol. The van der Waals surface area contributed by atoms with Crippen molar-refractivity contribution in [3.63, 3.8) is 0 Å². The van der Waals surface area contributed by atoms with Crippen molar-refractivity contribution in [3.8, 4) is 0 Å². The quantitative estimate of drug-likeness (QED) is 0.553. The zero-order valence-electron chi connectivity index (χ0n) is 8.55. The predicted molar refractivity (Wildman–Crippen MR) is 51.2 cm³/mol. The van der Waals surface area contributed by atoms with Crippen molar-refractivity contribution in [2.75, 3.05) is 7.11 Å². The second-order valence-corrected chi connectivity index (χ2v) is 4.43. The standard InChI is InChI=1S/C10H19NO/c1-8-7-9(11-12-4)5-6-10(8,2)3/h8H,5-7H2,1-4H3/b11-9+/t8-/m0/s1. The van der Waals surface area contributed by atoms with E-state index < -0.39 is 0 Å². The summed E-state index contributed by atoms with van der Waals surface area (Å²) in [6.45, 7) is 6.97. The molecule has 0 unspecified atom stereocenters. The van der Waals surface area contributed by atoms with Crippen LogP contribution in [0.1, 0.15) is 40.0 Å². The Kier molecular flexibility index (Phi) is 2.76. The molecule has 0 heterocycles. The Bertz CT molecular complexity index is 184. The normalized spacial score (nSPS) is 32.0. The van der Waals surface area contributed by atoms with E-state index in [4.69, 9.17) is 4.84 Å². The van der Waals surface area contributed by atoms with Crippen molar-refractivity contribution in [2.24, 2.45) is 16.5 Å². The van der Waals surface area contributed by atoms with Gasteiger partial charge in [0.05, 0.1) is 5.71 Å². The van der Waals surface area contributed by atoms with Crippen LogP contribution >= 0.6 is 0 Å². The first-order chi connectivity index (χ1) is 5.56. The van der Waals surface area contributed by atoms with Gasteiger partial charge in [0, 0.05) is 0 Å². The van der Waals surface area contributed by atoms with Crippen LogP contribution in [0.3, 0.4) is 0 Å². The molecule has 70 valence electrons. The lowest BCUT2D eigenvalue weighted by Gasteiger charge is -2.36. The van der Waals surface area contributed by atoms with Gasteiger partial charge >= 0.3 is 0 Å². The molecule has 0 aromatic rings. The molecule has 2 nitrogen and oxygen atoms in total. The van der Waals surface area contributed by atoms with Gasteiger partial charge in [0.2, 0.25) is 0 Å². The lowest BCUT2D eigenvalue weighted by Crippen LogP contribution is -2.30. The lowest BCUT2D eigenvalue weighted by atomic mass is 9.69. The molecule has 1 atom stereocenters. The molecule has 0 bridgehead atoms. The van der Waals surface area contributed by atoms with E-state index in [1.54, 1.807) is 7.11 Å². The summed E-state index contributed by atoms with van der Waals surface area (Å²) < 4.78 is 0. The van der Waals surface area contributed by atoms with Crippen molar-refractivity contribution < 1.29 is 4.84 Å². The molecule has 0 spiro atoms. The maximum atomic E-state index is 4.79. The fraction of sp³-hybridized carbons (Fsp3) is 0.900.